The van der Waals surface area contributed by atoms with Gasteiger partial charge in [0.2, 0.25) is 0 Å². The van der Waals surface area contributed by atoms with Crippen molar-refractivity contribution in [1.82, 2.24) is 0 Å². The lowest BCUT2D eigenvalue weighted by atomic mass is 9.93. The number of hydrogen-bond acceptors (Lipinski definition) is 5. The summed E-state index contributed by atoms with van der Waals surface area (Å²) >= 11 is 0. The summed E-state index contributed by atoms with van der Waals surface area (Å²) in [6, 6.07) is 17.8. The number of anilines is 1. The van der Waals surface area contributed by atoms with Gasteiger partial charge >= 0.3 is 5.63 Å². The van der Waals surface area contributed by atoms with E-state index in [1.165, 1.54) is 0 Å². The normalized spacial score (nSPS) is 14.6. The molecular formula is C23H23N3O2. The molecule has 0 saturated heterocycles. The average molecular weight is 373 g/mol. The Morgan fingerprint density at radius 3 is 2.36 bits per heavy atom. The molecule has 1 aromatic heterocycles. The number of benzene rings is 2. The van der Waals surface area contributed by atoms with E-state index in [4.69, 9.17) is 4.42 Å². The molecular weight excluding hydrogens is 350 g/mol. The van der Waals surface area contributed by atoms with E-state index in [1.54, 1.807) is 12.4 Å². The Labute approximate surface area is 164 Å². The van der Waals surface area contributed by atoms with Crippen LogP contribution >= 0.6 is 0 Å². The summed E-state index contributed by atoms with van der Waals surface area (Å²) in [5, 5.41) is 0.871. The fourth-order valence-electron chi connectivity index (χ4n) is 3.72. The van der Waals surface area contributed by atoms with Crippen molar-refractivity contribution >= 4 is 29.1 Å². The zero-order valence-corrected chi connectivity index (χ0v) is 16.1. The number of rotatable bonds is 6. The van der Waals surface area contributed by atoms with Crippen LogP contribution in [0.3, 0.4) is 0 Å². The van der Waals surface area contributed by atoms with E-state index in [0.29, 0.717) is 17.6 Å². The second kappa shape index (κ2) is 7.43. The van der Waals surface area contributed by atoms with Crippen LogP contribution in [0.15, 0.2) is 73.8 Å². The van der Waals surface area contributed by atoms with Crippen LogP contribution < -0.4 is 10.5 Å². The Morgan fingerprint density at radius 1 is 0.964 bits per heavy atom. The van der Waals surface area contributed by atoms with Crippen molar-refractivity contribution in [3.05, 3.63) is 76.1 Å². The number of hydrogen-bond donors (Lipinski definition) is 0. The Morgan fingerprint density at radius 2 is 1.68 bits per heavy atom. The minimum absolute atomic E-state index is 0.392. The molecule has 2 aromatic carbocycles. The highest BCUT2D eigenvalue weighted by atomic mass is 16.4. The van der Waals surface area contributed by atoms with Crippen molar-refractivity contribution in [3.63, 3.8) is 0 Å². The van der Waals surface area contributed by atoms with Crippen molar-refractivity contribution in [2.75, 3.05) is 18.0 Å². The van der Waals surface area contributed by atoms with Crippen molar-refractivity contribution < 1.29 is 4.42 Å². The summed E-state index contributed by atoms with van der Waals surface area (Å²) in [4.78, 5) is 24.2. The third-order valence-electron chi connectivity index (χ3n) is 5.22. The monoisotopic (exact) mass is 373 g/mol. The average Bonchev–Trinajstić information content (AvgIpc) is 3.18. The summed E-state index contributed by atoms with van der Waals surface area (Å²) in [5.74, 6) is 0. The van der Waals surface area contributed by atoms with Crippen LogP contribution in [-0.4, -0.2) is 25.5 Å². The van der Waals surface area contributed by atoms with Crippen LogP contribution in [-0.2, 0) is 12.1 Å². The summed E-state index contributed by atoms with van der Waals surface area (Å²) in [6.45, 7) is 6.01. The zero-order chi connectivity index (χ0) is 19.6. The molecule has 28 heavy (non-hydrogen) atoms. The molecule has 142 valence electrons. The predicted molar refractivity (Wildman–Crippen MR) is 115 cm³/mol. The molecule has 0 unspecified atom stereocenters. The number of nitrogens with zero attached hydrogens (tertiary/aromatic N) is 3. The van der Waals surface area contributed by atoms with Crippen LogP contribution in [0, 0.1) is 0 Å². The Balaban J connectivity index is 1.80. The number of aliphatic imine (C=N–C) groups is 2. The molecule has 5 heteroatoms. The maximum Gasteiger partial charge on any atom is 0.343 e. The molecule has 1 aliphatic rings. The van der Waals surface area contributed by atoms with Gasteiger partial charge in [0.1, 0.15) is 5.58 Å². The SMILES string of the molecule is CCN(CC)c1ccc2cc(C3(Cc4ccccc4)N=CC=N3)c(=O)oc2c1. The third kappa shape index (κ3) is 3.24. The molecule has 0 N–H and O–H groups in total. The van der Waals surface area contributed by atoms with E-state index in [0.717, 1.165) is 29.7 Å². The molecule has 0 saturated carbocycles. The van der Waals surface area contributed by atoms with E-state index < -0.39 is 11.3 Å². The van der Waals surface area contributed by atoms with Crippen LogP contribution in [0.4, 0.5) is 5.69 Å². The molecule has 0 aliphatic carbocycles. The fourth-order valence-corrected chi connectivity index (χ4v) is 3.72. The predicted octanol–water partition coefficient (Wildman–Crippen LogP) is 4.19. The molecule has 3 aromatic rings. The van der Waals surface area contributed by atoms with Crippen molar-refractivity contribution in [2.45, 2.75) is 25.9 Å². The maximum atomic E-state index is 12.9. The smallest absolute Gasteiger partial charge is 0.343 e. The van der Waals surface area contributed by atoms with Gasteiger partial charge in [0.05, 0.1) is 5.56 Å². The third-order valence-corrected chi connectivity index (χ3v) is 5.22. The lowest BCUT2D eigenvalue weighted by Gasteiger charge is -2.23. The van der Waals surface area contributed by atoms with E-state index in [2.05, 4.69) is 34.8 Å². The van der Waals surface area contributed by atoms with Gasteiger partial charge in [-0.1, -0.05) is 30.3 Å². The maximum absolute atomic E-state index is 12.9. The second-order valence-electron chi connectivity index (χ2n) is 6.88. The Kier molecular flexibility index (Phi) is 4.82. The van der Waals surface area contributed by atoms with E-state index in [1.807, 2.05) is 48.5 Å². The lowest BCUT2D eigenvalue weighted by Crippen LogP contribution is -2.29. The van der Waals surface area contributed by atoms with Gasteiger partial charge in [0.15, 0.2) is 5.66 Å². The topological polar surface area (TPSA) is 58.2 Å². The van der Waals surface area contributed by atoms with Crippen LogP contribution in [0.2, 0.25) is 0 Å². The standard InChI is InChI=1S/C23H23N3O2/c1-3-26(4-2)19-11-10-18-14-20(22(27)28-21(18)15-19)23(24-12-13-25-23)16-17-8-6-5-7-9-17/h5-15H,3-4,16H2,1-2H3. The first-order valence-corrected chi connectivity index (χ1v) is 9.61. The molecule has 0 fully saturated rings. The molecule has 2 heterocycles. The van der Waals surface area contributed by atoms with Gasteiger partial charge in [-0.2, -0.15) is 0 Å². The largest absolute Gasteiger partial charge is 0.422 e. The minimum Gasteiger partial charge on any atom is -0.422 e. The second-order valence-corrected chi connectivity index (χ2v) is 6.88. The van der Waals surface area contributed by atoms with Crippen molar-refractivity contribution in [3.8, 4) is 0 Å². The van der Waals surface area contributed by atoms with E-state index >= 15 is 0 Å². The molecule has 5 nitrogen and oxygen atoms in total. The van der Waals surface area contributed by atoms with Crippen LogP contribution in [0.25, 0.3) is 11.0 Å². The molecule has 0 atom stereocenters. The first kappa shape index (κ1) is 18.2. The van der Waals surface area contributed by atoms with Gasteiger partial charge in [-0.05, 0) is 37.6 Å². The molecule has 0 radical (unpaired) electrons. The van der Waals surface area contributed by atoms with Crippen LogP contribution in [0.1, 0.15) is 25.0 Å². The van der Waals surface area contributed by atoms with Gasteiger partial charge in [0, 0.05) is 49.1 Å². The highest BCUT2D eigenvalue weighted by Gasteiger charge is 2.36. The van der Waals surface area contributed by atoms with Gasteiger partial charge in [-0.25, -0.2) is 4.79 Å². The Bertz CT molecular complexity index is 1080. The minimum atomic E-state index is -0.965. The fraction of sp³-hybridized carbons (Fsp3) is 0.261. The number of fused-ring (bicyclic) bond motifs is 1. The first-order chi connectivity index (χ1) is 13.6. The Hall–Kier alpha value is -3.21. The van der Waals surface area contributed by atoms with Gasteiger partial charge < -0.3 is 9.32 Å². The van der Waals surface area contributed by atoms with Gasteiger partial charge in [-0.15, -0.1) is 0 Å². The highest BCUT2D eigenvalue weighted by Crippen LogP contribution is 2.33. The van der Waals surface area contributed by atoms with Crippen LogP contribution in [0.5, 0.6) is 0 Å². The van der Waals surface area contributed by atoms with E-state index in [9.17, 15) is 4.79 Å². The molecule has 0 spiro atoms. The zero-order valence-electron chi connectivity index (χ0n) is 16.1. The summed E-state index contributed by atoms with van der Waals surface area (Å²) < 4.78 is 5.72. The van der Waals surface area contributed by atoms with E-state index in [-0.39, 0.29) is 0 Å². The summed E-state index contributed by atoms with van der Waals surface area (Å²) in [5.41, 5.74) is 1.80. The van der Waals surface area contributed by atoms with Gasteiger partial charge in [0.25, 0.3) is 0 Å². The molecule has 4 rings (SSSR count). The van der Waals surface area contributed by atoms with Crippen molar-refractivity contribution in [1.29, 1.82) is 0 Å². The molecule has 0 amide bonds. The summed E-state index contributed by atoms with van der Waals surface area (Å²) in [7, 11) is 0. The summed E-state index contributed by atoms with van der Waals surface area (Å²) in [6.07, 6.45) is 3.81. The molecule has 1 aliphatic heterocycles. The lowest BCUT2D eigenvalue weighted by molar-refractivity contribution is 0.445. The quantitative estimate of drug-likeness (QED) is 0.609. The molecule has 0 bridgehead atoms. The first-order valence-electron chi connectivity index (χ1n) is 9.61. The highest BCUT2D eigenvalue weighted by molar-refractivity contribution is 6.17. The van der Waals surface area contributed by atoms with Gasteiger partial charge in [-0.3, -0.25) is 9.98 Å². The van der Waals surface area contributed by atoms with Crippen molar-refractivity contribution in [2.24, 2.45) is 9.98 Å².